The molecule has 0 bridgehead atoms. The number of nitrogens with zero attached hydrogens (tertiary/aromatic N) is 1. The summed E-state index contributed by atoms with van der Waals surface area (Å²) in [6.07, 6.45) is 1.66. The molecule has 1 aliphatic rings. The average molecular weight is 291 g/mol. The third kappa shape index (κ3) is 3.27. The summed E-state index contributed by atoms with van der Waals surface area (Å²) in [5.74, 6) is -1.32. The molecule has 1 saturated heterocycles. The van der Waals surface area contributed by atoms with Crippen LogP contribution in [0.3, 0.4) is 0 Å². The maximum Gasteiger partial charge on any atom is 0.468 e. The second kappa shape index (κ2) is 5.42. The fourth-order valence-corrected chi connectivity index (χ4v) is 2.28. The smallest absolute Gasteiger partial charge is 0.468 e. The lowest BCUT2D eigenvalue weighted by atomic mass is 9.68. The van der Waals surface area contributed by atoms with Gasteiger partial charge in [-0.1, -0.05) is 6.07 Å². The van der Waals surface area contributed by atoms with Gasteiger partial charge in [0.25, 0.3) is 0 Å². The predicted molar refractivity (Wildman–Crippen MR) is 80.0 cm³/mol. The fraction of sp³-hybridized carbons (Fsp3) is 0.600. The maximum absolute atomic E-state index is 11.2. The van der Waals surface area contributed by atoms with Crippen LogP contribution in [0.4, 0.5) is 0 Å². The van der Waals surface area contributed by atoms with Crippen molar-refractivity contribution >= 4 is 13.1 Å². The molecule has 0 spiro atoms. The van der Waals surface area contributed by atoms with Crippen LogP contribution in [0.15, 0.2) is 18.3 Å². The summed E-state index contributed by atoms with van der Waals surface area (Å²) >= 11 is 0. The molecular formula is C15H22BNO4. The van der Waals surface area contributed by atoms with Crippen LogP contribution in [0.5, 0.6) is 0 Å². The summed E-state index contributed by atoms with van der Waals surface area (Å²) in [7, 11) is -0.610. The summed E-state index contributed by atoms with van der Waals surface area (Å²) in [6, 6.07) is 3.76. The Morgan fingerprint density at radius 1 is 1.29 bits per heavy atom. The van der Waals surface area contributed by atoms with Crippen molar-refractivity contribution in [2.45, 2.75) is 58.1 Å². The Kier molecular flexibility index (Phi) is 4.13. The largest absolute Gasteiger partial charge is 0.481 e. The zero-order chi connectivity index (χ0) is 15.8. The lowest BCUT2D eigenvalue weighted by molar-refractivity contribution is -0.137. The molecule has 1 fully saturated rings. The first-order valence-electron chi connectivity index (χ1n) is 7.12. The van der Waals surface area contributed by atoms with Crippen LogP contribution >= 0.6 is 0 Å². The van der Waals surface area contributed by atoms with Gasteiger partial charge in [-0.3, -0.25) is 9.78 Å². The molecule has 1 aromatic heterocycles. The molecular weight excluding hydrogens is 269 g/mol. The van der Waals surface area contributed by atoms with E-state index in [0.29, 0.717) is 5.69 Å². The van der Waals surface area contributed by atoms with Crippen LogP contribution in [0.1, 0.15) is 51.2 Å². The highest BCUT2D eigenvalue weighted by Crippen LogP contribution is 2.41. The highest BCUT2D eigenvalue weighted by atomic mass is 16.7. The van der Waals surface area contributed by atoms with Crippen LogP contribution in [-0.4, -0.2) is 34.4 Å². The minimum absolute atomic E-state index is 0.0765. The molecule has 0 aromatic carbocycles. The van der Waals surface area contributed by atoms with Gasteiger partial charge in [-0.2, -0.15) is 0 Å². The average Bonchev–Trinajstić information content (AvgIpc) is 2.56. The second-order valence-electron chi connectivity index (χ2n) is 6.59. The van der Waals surface area contributed by atoms with Crippen molar-refractivity contribution in [1.29, 1.82) is 0 Å². The van der Waals surface area contributed by atoms with E-state index in [4.69, 9.17) is 9.31 Å². The van der Waals surface area contributed by atoms with Gasteiger partial charge in [-0.05, 0) is 46.2 Å². The molecule has 5 nitrogen and oxygen atoms in total. The highest BCUT2D eigenvalue weighted by Gasteiger charge is 2.54. The van der Waals surface area contributed by atoms with Gasteiger partial charge in [-0.15, -0.1) is 0 Å². The van der Waals surface area contributed by atoms with Gasteiger partial charge in [0.1, 0.15) is 0 Å². The summed E-state index contributed by atoms with van der Waals surface area (Å²) < 4.78 is 12.0. The van der Waals surface area contributed by atoms with Crippen molar-refractivity contribution in [3.63, 3.8) is 0 Å². The molecule has 1 atom stereocenters. The van der Waals surface area contributed by atoms with Crippen molar-refractivity contribution in [3.8, 4) is 0 Å². The number of carbonyl (C=O) groups is 1. The number of aliphatic carboxylic acids is 1. The standard InChI is InChI=1S/C15H22BNO4/c1-10-6-7-12(17-9-10)11(8-13(18)19)16-20-14(2,3)15(4,5)21-16/h6-7,9,11H,8H2,1-5H3,(H,18,19). The van der Waals surface area contributed by atoms with Gasteiger partial charge < -0.3 is 14.4 Å². The van der Waals surface area contributed by atoms with E-state index in [1.807, 2.05) is 46.8 Å². The van der Waals surface area contributed by atoms with Crippen molar-refractivity contribution in [3.05, 3.63) is 29.6 Å². The molecule has 1 N–H and O–H groups in total. The Bertz CT molecular complexity index is 511. The number of carboxylic acid groups (broad SMARTS) is 1. The van der Waals surface area contributed by atoms with Crippen molar-refractivity contribution in [2.24, 2.45) is 0 Å². The SMILES string of the molecule is Cc1ccc(C(CC(=O)O)B2OC(C)(C)C(C)(C)O2)nc1. The lowest BCUT2D eigenvalue weighted by Crippen LogP contribution is -2.41. The second-order valence-corrected chi connectivity index (χ2v) is 6.59. The summed E-state index contributed by atoms with van der Waals surface area (Å²) in [4.78, 5) is 15.5. The van der Waals surface area contributed by atoms with Crippen LogP contribution in [0.25, 0.3) is 0 Å². The van der Waals surface area contributed by atoms with E-state index in [9.17, 15) is 9.90 Å². The van der Waals surface area contributed by atoms with Gasteiger partial charge in [0.2, 0.25) is 0 Å². The summed E-state index contributed by atoms with van der Waals surface area (Å²) in [5.41, 5.74) is 0.737. The number of rotatable bonds is 4. The van der Waals surface area contributed by atoms with Crippen LogP contribution in [0, 0.1) is 6.92 Å². The predicted octanol–water partition coefficient (Wildman–Crippen LogP) is 2.58. The first-order valence-corrected chi connectivity index (χ1v) is 7.12. The summed E-state index contributed by atoms with van der Waals surface area (Å²) in [6.45, 7) is 9.75. The zero-order valence-corrected chi connectivity index (χ0v) is 13.2. The highest BCUT2D eigenvalue weighted by molar-refractivity contribution is 6.48. The topological polar surface area (TPSA) is 68.7 Å². The van der Waals surface area contributed by atoms with Crippen molar-refractivity contribution < 1.29 is 19.2 Å². The molecule has 1 aromatic rings. The maximum atomic E-state index is 11.2. The fourth-order valence-electron chi connectivity index (χ4n) is 2.28. The third-order valence-corrected chi connectivity index (χ3v) is 4.31. The Hall–Kier alpha value is -1.40. The van der Waals surface area contributed by atoms with Crippen molar-refractivity contribution in [1.82, 2.24) is 4.98 Å². The van der Waals surface area contributed by atoms with Gasteiger partial charge >= 0.3 is 13.1 Å². The first-order chi connectivity index (χ1) is 9.62. The van der Waals surface area contributed by atoms with E-state index in [1.54, 1.807) is 6.20 Å². The van der Waals surface area contributed by atoms with Crippen molar-refractivity contribution in [2.75, 3.05) is 0 Å². The molecule has 0 radical (unpaired) electrons. The quantitative estimate of drug-likeness (QED) is 0.863. The van der Waals surface area contributed by atoms with Gasteiger partial charge in [0, 0.05) is 17.7 Å². The van der Waals surface area contributed by atoms with Gasteiger partial charge in [0.15, 0.2) is 0 Å². The molecule has 21 heavy (non-hydrogen) atoms. The van der Waals surface area contributed by atoms with Crippen LogP contribution in [0.2, 0.25) is 0 Å². The van der Waals surface area contributed by atoms with Crippen LogP contribution < -0.4 is 0 Å². The Morgan fingerprint density at radius 2 is 1.86 bits per heavy atom. The molecule has 0 amide bonds. The Morgan fingerprint density at radius 3 is 2.29 bits per heavy atom. The summed E-state index contributed by atoms with van der Waals surface area (Å²) in [5, 5.41) is 9.18. The van der Waals surface area contributed by atoms with E-state index in [0.717, 1.165) is 5.56 Å². The Labute approximate surface area is 125 Å². The minimum Gasteiger partial charge on any atom is -0.481 e. The normalized spacial score (nSPS) is 21.3. The number of hydrogen-bond donors (Lipinski definition) is 1. The molecule has 0 saturated carbocycles. The number of carboxylic acids is 1. The first kappa shape index (κ1) is 16.0. The molecule has 6 heteroatoms. The van der Waals surface area contributed by atoms with E-state index in [2.05, 4.69) is 4.98 Å². The Balaban J connectivity index is 2.30. The molecule has 0 aliphatic carbocycles. The van der Waals surface area contributed by atoms with E-state index < -0.39 is 30.1 Å². The number of aromatic nitrogens is 1. The number of pyridine rings is 1. The minimum atomic E-state index is -0.892. The molecule has 1 unspecified atom stereocenters. The van der Waals surface area contributed by atoms with Gasteiger partial charge in [0.05, 0.1) is 17.6 Å². The molecule has 114 valence electrons. The lowest BCUT2D eigenvalue weighted by Gasteiger charge is -2.32. The van der Waals surface area contributed by atoms with E-state index in [1.165, 1.54) is 0 Å². The van der Waals surface area contributed by atoms with Gasteiger partial charge in [-0.25, -0.2) is 0 Å². The molecule has 2 rings (SSSR count). The van der Waals surface area contributed by atoms with Crippen LogP contribution in [-0.2, 0) is 14.1 Å². The number of aryl methyl sites for hydroxylation is 1. The number of hydrogen-bond acceptors (Lipinski definition) is 4. The molecule has 2 heterocycles. The van der Waals surface area contributed by atoms with E-state index in [-0.39, 0.29) is 6.42 Å². The third-order valence-electron chi connectivity index (χ3n) is 4.31. The zero-order valence-electron chi connectivity index (χ0n) is 13.2. The monoisotopic (exact) mass is 291 g/mol. The molecule has 1 aliphatic heterocycles. The van der Waals surface area contributed by atoms with E-state index >= 15 is 0 Å².